The first-order valence-corrected chi connectivity index (χ1v) is 8.51. The Kier molecular flexibility index (Phi) is 4.90. The molecule has 0 aliphatic heterocycles. The molecule has 0 spiro atoms. The van der Waals surface area contributed by atoms with E-state index in [0.717, 1.165) is 13.0 Å². The van der Waals surface area contributed by atoms with E-state index in [1.807, 2.05) is 11.3 Å². The number of thiophene rings is 1. The van der Waals surface area contributed by atoms with E-state index in [1.165, 1.54) is 16.0 Å². The Hall–Kier alpha value is -1.12. The smallest absolute Gasteiger partial charge is 0.0304 e. The summed E-state index contributed by atoms with van der Waals surface area (Å²) < 4.78 is 0. The summed E-state index contributed by atoms with van der Waals surface area (Å²) in [5.41, 5.74) is 3.14. The lowest BCUT2D eigenvalue weighted by atomic mass is 9.82. The number of hydrogen-bond acceptors (Lipinski definition) is 2. The molecule has 0 fully saturated rings. The van der Waals surface area contributed by atoms with Crippen molar-refractivity contribution in [1.29, 1.82) is 0 Å². The van der Waals surface area contributed by atoms with Crippen LogP contribution in [-0.4, -0.2) is 5.54 Å². The highest BCUT2D eigenvalue weighted by Crippen LogP contribution is 2.29. The molecule has 114 valence electrons. The summed E-state index contributed by atoms with van der Waals surface area (Å²) in [6.45, 7) is 12.4. The van der Waals surface area contributed by atoms with Crippen LogP contribution in [0.4, 0.5) is 0 Å². The zero-order chi connectivity index (χ0) is 15.5. The lowest BCUT2D eigenvalue weighted by molar-refractivity contribution is 0.241. The molecule has 1 aromatic heterocycles. The quantitative estimate of drug-likeness (QED) is 0.744. The molecule has 21 heavy (non-hydrogen) atoms. The summed E-state index contributed by atoms with van der Waals surface area (Å²) in [5, 5.41) is 5.96. The van der Waals surface area contributed by atoms with Crippen molar-refractivity contribution in [3.8, 4) is 11.1 Å². The van der Waals surface area contributed by atoms with Gasteiger partial charge in [-0.15, -0.1) is 11.3 Å². The summed E-state index contributed by atoms with van der Waals surface area (Å²) in [6, 6.07) is 12.9. The number of hydrogen-bond donors (Lipinski definition) is 1. The average Bonchev–Trinajstić information content (AvgIpc) is 2.84. The third kappa shape index (κ3) is 5.29. The second-order valence-electron chi connectivity index (χ2n) is 7.64. The predicted octanol–water partition coefficient (Wildman–Crippen LogP) is 5.72. The molecule has 1 nitrogen and oxygen atoms in total. The van der Waals surface area contributed by atoms with Gasteiger partial charge in [0.05, 0.1) is 0 Å². The lowest BCUT2D eigenvalue weighted by Crippen LogP contribution is -2.41. The van der Waals surface area contributed by atoms with Gasteiger partial charge in [-0.2, -0.15) is 0 Å². The largest absolute Gasteiger partial charge is 0.307 e. The topological polar surface area (TPSA) is 12.0 Å². The van der Waals surface area contributed by atoms with Crippen LogP contribution in [0.5, 0.6) is 0 Å². The fourth-order valence-corrected chi connectivity index (χ4v) is 3.80. The van der Waals surface area contributed by atoms with Gasteiger partial charge in [-0.05, 0) is 48.3 Å². The summed E-state index contributed by atoms with van der Waals surface area (Å²) in [7, 11) is 0. The van der Waals surface area contributed by atoms with E-state index >= 15 is 0 Å². The third-order valence-corrected chi connectivity index (χ3v) is 4.41. The monoisotopic (exact) mass is 301 g/mol. The van der Waals surface area contributed by atoms with Gasteiger partial charge in [-0.25, -0.2) is 0 Å². The minimum absolute atomic E-state index is 0.162. The van der Waals surface area contributed by atoms with E-state index in [9.17, 15) is 0 Å². The Morgan fingerprint density at radius 2 is 1.62 bits per heavy atom. The number of nitrogens with one attached hydrogen (secondary N) is 1. The summed E-state index contributed by atoms with van der Waals surface area (Å²) in [6.07, 6.45) is 1.16. The van der Waals surface area contributed by atoms with E-state index in [2.05, 4.69) is 81.7 Å². The van der Waals surface area contributed by atoms with E-state index in [-0.39, 0.29) is 5.54 Å². The Morgan fingerprint density at radius 1 is 0.952 bits per heavy atom. The van der Waals surface area contributed by atoms with Crippen molar-refractivity contribution in [2.45, 2.75) is 53.1 Å². The Morgan fingerprint density at radius 3 is 2.24 bits per heavy atom. The molecule has 0 aliphatic carbocycles. The standard InChI is InChI=1S/C19H27NS/c1-18(2,3)14-19(4,5)20-12-17-11-16(13-21-17)15-9-7-6-8-10-15/h6-11,13,20H,12,14H2,1-5H3. The van der Waals surface area contributed by atoms with Crippen LogP contribution in [0.1, 0.15) is 45.9 Å². The van der Waals surface area contributed by atoms with Gasteiger partial charge in [0.25, 0.3) is 0 Å². The molecule has 1 N–H and O–H groups in total. The van der Waals surface area contributed by atoms with Gasteiger partial charge in [0, 0.05) is 17.0 Å². The van der Waals surface area contributed by atoms with Crippen molar-refractivity contribution in [3.63, 3.8) is 0 Å². The van der Waals surface area contributed by atoms with Gasteiger partial charge in [0.15, 0.2) is 0 Å². The van der Waals surface area contributed by atoms with Gasteiger partial charge in [0.1, 0.15) is 0 Å². The highest BCUT2D eigenvalue weighted by Gasteiger charge is 2.24. The molecule has 1 aromatic carbocycles. The molecular formula is C19H27NS. The maximum absolute atomic E-state index is 3.71. The van der Waals surface area contributed by atoms with Crippen molar-refractivity contribution >= 4 is 11.3 Å². The number of benzene rings is 1. The van der Waals surface area contributed by atoms with Crippen LogP contribution in [0, 0.1) is 5.41 Å². The first-order valence-electron chi connectivity index (χ1n) is 7.63. The molecule has 0 saturated heterocycles. The van der Waals surface area contributed by atoms with Gasteiger partial charge in [-0.1, -0.05) is 51.1 Å². The van der Waals surface area contributed by atoms with Gasteiger partial charge >= 0.3 is 0 Å². The minimum Gasteiger partial charge on any atom is -0.307 e. The molecule has 0 bridgehead atoms. The Balaban J connectivity index is 1.97. The summed E-state index contributed by atoms with van der Waals surface area (Å²) in [4.78, 5) is 1.40. The van der Waals surface area contributed by atoms with Crippen LogP contribution in [0.2, 0.25) is 0 Å². The number of rotatable bonds is 5. The van der Waals surface area contributed by atoms with Crippen molar-refractivity contribution in [2.24, 2.45) is 5.41 Å². The Labute approximate surface area is 133 Å². The second kappa shape index (κ2) is 6.33. The highest BCUT2D eigenvalue weighted by molar-refractivity contribution is 7.10. The fraction of sp³-hybridized carbons (Fsp3) is 0.474. The Bertz CT molecular complexity index is 561. The van der Waals surface area contributed by atoms with Crippen LogP contribution in [0.3, 0.4) is 0 Å². The van der Waals surface area contributed by atoms with E-state index < -0.39 is 0 Å². The zero-order valence-electron chi connectivity index (χ0n) is 13.9. The van der Waals surface area contributed by atoms with Crippen LogP contribution >= 0.6 is 11.3 Å². The van der Waals surface area contributed by atoms with E-state index in [0.29, 0.717) is 5.41 Å². The molecule has 0 amide bonds. The van der Waals surface area contributed by atoms with Gasteiger partial charge in [-0.3, -0.25) is 0 Å². The second-order valence-corrected chi connectivity index (χ2v) is 8.64. The summed E-state index contributed by atoms with van der Waals surface area (Å²) >= 11 is 1.84. The lowest BCUT2D eigenvalue weighted by Gasteiger charge is -2.33. The first-order chi connectivity index (χ1) is 9.75. The SMILES string of the molecule is CC(C)(C)CC(C)(C)NCc1cc(-c2ccccc2)cs1. The van der Waals surface area contributed by atoms with Crippen molar-refractivity contribution in [1.82, 2.24) is 5.32 Å². The first kappa shape index (κ1) is 16.3. The van der Waals surface area contributed by atoms with Crippen molar-refractivity contribution < 1.29 is 0 Å². The zero-order valence-corrected chi connectivity index (χ0v) is 14.7. The molecule has 0 atom stereocenters. The van der Waals surface area contributed by atoms with Gasteiger partial charge < -0.3 is 5.32 Å². The van der Waals surface area contributed by atoms with Crippen molar-refractivity contribution in [2.75, 3.05) is 0 Å². The highest BCUT2D eigenvalue weighted by atomic mass is 32.1. The van der Waals surface area contributed by atoms with Crippen molar-refractivity contribution in [3.05, 3.63) is 46.7 Å². The van der Waals surface area contributed by atoms with Crippen LogP contribution < -0.4 is 5.32 Å². The molecular weight excluding hydrogens is 274 g/mol. The minimum atomic E-state index is 0.162. The molecule has 2 rings (SSSR count). The van der Waals surface area contributed by atoms with Crippen LogP contribution in [0.15, 0.2) is 41.8 Å². The summed E-state index contributed by atoms with van der Waals surface area (Å²) in [5.74, 6) is 0. The third-order valence-electron chi connectivity index (χ3n) is 3.47. The molecule has 2 heteroatoms. The predicted molar refractivity (Wildman–Crippen MR) is 94.7 cm³/mol. The van der Waals surface area contributed by atoms with E-state index in [1.54, 1.807) is 0 Å². The maximum Gasteiger partial charge on any atom is 0.0304 e. The molecule has 0 saturated carbocycles. The molecule has 2 aromatic rings. The fourth-order valence-electron chi connectivity index (χ4n) is 2.97. The maximum atomic E-state index is 3.71. The molecule has 0 radical (unpaired) electrons. The molecule has 1 heterocycles. The van der Waals surface area contributed by atoms with Gasteiger partial charge in [0.2, 0.25) is 0 Å². The molecule has 0 aliphatic rings. The average molecular weight is 301 g/mol. The molecule has 0 unspecified atom stereocenters. The normalized spacial score (nSPS) is 12.6. The van der Waals surface area contributed by atoms with Crippen LogP contribution in [0.25, 0.3) is 11.1 Å². The van der Waals surface area contributed by atoms with Crippen LogP contribution in [-0.2, 0) is 6.54 Å². The van der Waals surface area contributed by atoms with E-state index in [4.69, 9.17) is 0 Å².